The van der Waals surface area contributed by atoms with Gasteiger partial charge in [-0.05, 0) is 38.5 Å². The van der Waals surface area contributed by atoms with Gasteiger partial charge in [0, 0.05) is 11.6 Å². The molecule has 0 aromatic heterocycles. The number of nitrogens with two attached hydrogens (primary N) is 1. The highest BCUT2D eigenvalue weighted by molar-refractivity contribution is 6.30. The van der Waals surface area contributed by atoms with Crippen molar-refractivity contribution in [3.05, 3.63) is 28.8 Å². The van der Waals surface area contributed by atoms with Crippen LogP contribution in [-0.2, 0) is 0 Å². The lowest BCUT2D eigenvalue weighted by Crippen LogP contribution is -2.37. The van der Waals surface area contributed by atoms with E-state index in [0.717, 1.165) is 11.3 Å². The first kappa shape index (κ1) is 11.3. The zero-order valence-corrected chi connectivity index (χ0v) is 9.56. The first-order valence-electron chi connectivity index (χ1n) is 4.60. The van der Waals surface area contributed by atoms with Crippen molar-refractivity contribution in [2.45, 2.75) is 26.4 Å². The lowest BCUT2D eigenvalue weighted by Gasteiger charge is -2.25. The van der Waals surface area contributed by atoms with Crippen LogP contribution in [-0.4, -0.2) is 12.1 Å². The van der Waals surface area contributed by atoms with Crippen molar-refractivity contribution in [2.75, 3.05) is 6.54 Å². The Hall–Kier alpha value is -0.730. The summed E-state index contributed by atoms with van der Waals surface area (Å²) in [6.45, 7) is 6.36. The number of hydrogen-bond donors (Lipinski definition) is 1. The standard InChI is InChI=1S/C11H16ClNO/c1-8-4-5-9(12)6-10(8)14-11(2,3)7-13/h4-6H,7,13H2,1-3H3. The van der Waals surface area contributed by atoms with Crippen LogP contribution >= 0.6 is 11.6 Å². The number of halogens is 1. The van der Waals surface area contributed by atoms with E-state index in [2.05, 4.69) is 0 Å². The molecule has 0 bridgehead atoms. The molecule has 3 heteroatoms. The predicted molar refractivity (Wildman–Crippen MR) is 60.0 cm³/mol. The smallest absolute Gasteiger partial charge is 0.124 e. The number of rotatable bonds is 3. The van der Waals surface area contributed by atoms with Crippen LogP contribution in [0.2, 0.25) is 5.02 Å². The van der Waals surface area contributed by atoms with Crippen molar-refractivity contribution >= 4 is 11.6 Å². The normalized spacial score (nSPS) is 11.5. The van der Waals surface area contributed by atoms with Gasteiger partial charge >= 0.3 is 0 Å². The summed E-state index contributed by atoms with van der Waals surface area (Å²) in [5.74, 6) is 0.799. The van der Waals surface area contributed by atoms with Crippen molar-refractivity contribution in [2.24, 2.45) is 5.73 Å². The van der Waals surface area contributed by atoms with Crippen molar-refractivity contribution in [1.82, 2.24) is 0 Å². The van der Waals surface area contributed by atoms with Gasteiger partial charge in [-0.15, -0.1) is 0 Å². The summed E-state index contributed by atoms with van der Waals surface area (Å²) in [5.41, 5.74) is 6.30. The van der Waals surface area contributed by atoms with E-state index in [1.54, 1.807) is 0 Å². The van der Waals surface area contributed by atoms with Crippen LogP contribution in [0.5, 0.6) is 5.75 Å². The van der Waals surface area contributed by atoms with Crippen molar-refractivity contribution in [1.29, 1.82) is 0 Å². The average Bonchev–Trinajstić information content (AvgIpc) is 2.11. The first-order chi connectivity index (χ1) is 6.44. The number of ether oxygens (including phenoxy) is 1. The second-order valence-electron chi connectivity index (χ2n) is 3.98. The molecule has 0 aliphatic rings. The Morgan fingerprint density at radius 2 is 2.07 bits per heavy atom. The SMILES string of the molecule is Cc1ccc(Cl)cc1OC(C)(C)CN. The molecule has 0 atom stereocenters. The minimum atomic E-state index is -0.352. The molecular weight excluding hydrogens is 198 g/mol. The highest BCUT2D eigenvalue weighted by Crippen LogP contribution is 2.25. The fraction of sp³-hybridized carbons (Fsp3) is 0.455. The van der Waals surface area contributed by atoms with E-state index in [1.165, 1.54) is 0 Å². The summed E-state index contributed by atoms with van der Waals surface area (Å²) in [6, 6.07) is 5.59. The molecule has 1 aromatic rings. The second-order valence-corrected chi connectivity index (χ2v) is 4.41. The maximum atomic E-state index is 5.88. The van der Waals surface area contributed by atoms with Crippen LogP contribution in [0.15, 0.2) is 18.2 Å². The predicted octanol–water partition coefficient (Wildman–Crippen LogP) is 2.76. The van der Waals surface area contributed by atoms with E-state index >= 15 is 0 Å². The molecule has 0 radical (unpaired) electrons. The number of benzene rings is 1. The lowest BCUT2D eigenvalue weighted by atomic mass is 10.1. The van der Waals surface area contributed by atoms with E-state index in [0.29, 0.717) is 11.6 Å². The molecule has 2 N–H and O–H groups in total. The molecule has 0 saturated carbocycles. The minimum absolute atomic E-state index is 0.352. The molecular formula is C11H16ClNO. The van der Waals surface area contributed by atoms with Gasteiger partial charge in [-0.2, -0.15) is 0 Å². The average molecular weight is 214 g/mol. The van der Waals surface area contributed by atoms with Crippen LogP contribution in [0.1, 0.15) is 19.4 Å². The third kappa shape index (κ3) is 2.89. The topological polar surface area (TPSA) is 35.2 Å². The number of aryl methyl sites for hydroxylation is 1. The molecule has 2 nitrogen and oxygen atoms in total. The Bertz CT molecular complexity index is 323. The van der Waals surface area contributed by atoms with Gasteiger partial charge in [0.1, 0.15) is 11.4 Å². The summed E-state index contributed by atoms with van der Waals surface area (Å²) < 4.78 is 5.75. The van der Waals surface area contributed by atoms with Gasteiger partial charge in [0.15, 0.2) is 0 Å². The van der Waals surface area contributed by atoms with Gasteiger partial charge < -0.3 is 10.5 Å². The van der Waals surface area contributed by atoms with Crippen molar-refractivity contribution < 1.29 is 4.74 Å². The molecule has 14 heavy (non-hydrogen) atoms. The minimum Gasteiger partial charge on any atom is -0.486 e. The molecule has 1 rings (SSSR count). The Balaban J connectivity index is 2.91. The summed E-state index contributed by atoms with van der Waals surface area (Å²) in [7, 11) is 0. The maximum absolute atomic E-state index is 5.88. The molecule has 0 saturated heterocycles. The van der Waals surface area contributed by atoms with Gasteiger partial charge in [0.25, 0.3) is 0 Å². The van der Waals surface area contributed by atoms with E-state index in [1.807, 2.05) is 39.0 Å². The molecule has 0 spiro atoms. The third-order valence-electron chi connectivity index (χ3n) is 2.03. The van der Waals surface area contributed by atoms with Crippen LogP contribution in [0, 0.1) is 6.92 Å². The maximum Gasteiger partial charge on any atom is 0.124 e. The highest BCUT2D eigenvalue weighted by Gasteiger charge is 2.18. The summed E-state index contributed by atoms with van der Waals surface area (Å²) in [5, 5.41) is 0.679. The molecule has 78 valence electrons. The Morgan fingerprint density at radius 3 is 2.64 bits per heavy atom. The van der Waals surface area contributed by atoms with Gasteiger partial charge in [0.05, 0.1) is 0 Å². The summed E-state index contributed by atoms with van der Waals surface area (Å²) in [4.78, 5) is 0. The largest absolute Gasteiger partial charge is 0.486 e. The van der Waals surface area contributed by atoms with E-state index < -0.39 is 0 Å². The van der Waals surface area contributed by atoms with Crippen LogP contribution < -0.4 is 10.5 Å². The fourth-order valence-electron chi connectivity index (χ4n) is 1.02. The molecule has 0 aliphatic carbocycles. The quantitative estimate of drug-likeness (QED) is 0.838. The highest BCUT2D eigenvalue weighted by atomic mass is 35.5. The molecule has 1 aromatic carbocycles. The van der Waals surface area contributed by atoms with E-state index in [-0.39, 0.29) is 5.60 Å². The Kier molecular flexibility index (Phi) is 3.40. The van der Waals surface area contributed by atoms with Crippen LogP contribution in [0.3, 0.4) is 0 Å². The van der Waals surface area contributed by atoms with Gasteiger partial charge in [-0.3, -0.25) is 0 Å². The van der Waals surface area contributed by atoms with Crippen molar-refractivity contribution in [3.8, 4) is 5.75 Å². The Morgan fingerprint density at radius 1 is 1.43 bits per heavy atom. The van der Waals surface area contributed by atoms with E-state index in [9.17, 15) is 0 Å². The molecule has 0 fully saturated rings. The molecule has 0 heterocycles. The lowest BCUT2D eigenvalue weighted by molar-refractivity contribution is 0.118. The van der Waals surface area contributed by atoms with Gasteiger partial charge in [-0.1, -0.05) is 17.7 Å². The molecule has 0 unspecified atom stereocenters. The second kappa shape index (κ2) is 4.20. The zero-order chi connectivity index (χ0) is 10.8. The van der Waals surface area contributed by atoms with Crippen LogP contribution in [0.4, 0.5) is 0 Å². The third-order valence-corrected chi connectivity index (χ3v) is 2.26. The summed E-state index contributed by atoms with van der Waals surface area (Å²) >= 11 is 5.88. The number of hydrogen-bond acceptors (Lipinski definition) is 2. The monoisotopic (exact) mass is 213 g/mol. The van der Waals surface area contributed by atoms with Crippen LogP contribution in [0.25, 0.3) is 0 Å². The van der Waals surface area contributed by atoms with Gasteiger partial charge in [0.2, 0.25) is 0 Å². The van der Waals surface area contributed by atoms with Crippen molar-refractivity contribution in [3.63, 3.8) is 0 Å². The van der Waals surface area contributed by atoms with E-state index in [4.69, 9.17) is 22.1 Å². The first-order valence-corrected chi connectivity index (χ1v) is 4.98. The fourth-order valence-corrected chi connectivity index (χ4v) is 1.19. The molecule has 0 amide bonds. The Labute approximate surface area is 90.0 Å². The zero-order valence-electron chi connectivity index (χ0n) is 8.80. The summed E-state index contributed by atoms with van der Waals surface area (Å²) in [6.07, 6.45) is 0. The molecule has 0 aliphatic heterocycles. The van der Waals surface area contributed by atoms with Gasteiger partial charge in [-0.25, -0.2) is 0 Å².